The Labute approximate surface area is 101 Å². The van der Waals surface area contributed by atoms with Crippen molar-refractivity contribution in [3.63, 3.8) is 0 Å². The fraction of sp³-hybridized carbons (Fsp3) is 0.727. The summed E-state index contributed by atoms with van der Waals surface area (Å²) in [4.78, 5) is 0. The van der Waals surface area contributed by atoms with Crippen molar-refractivity contribution in [2.75, 3.05) is 24.7 Å². The van der Waals surface area contributed by atoms with Crippen LogP contribution < -0.4 is 15.8 Å². The first-order chi connectivity index (χ1) is 7.65. The van der Waals surface area contributed by atoms with Crippen LogP contribution in [0.3, 0.4) is 0 Å². The average molecular weight is 243 g/mol. The molecule has 0 amide bonds. The monoisotopic (exact) mass is 243 g/mol. The van der Waals surface area contributed by atoms with Crippen LogP contribution in [-0.2, 0) is 0 Å². The molecule has 0 fully saturated rings. The topological polar surface area (TPSA) is 60.2 Å². The van der Waals surface area contributed by atoms with Crippen molar-refractivity contribution in [3.05, 3.63) is 0 Å². The molecule has 1 heterocycles. The van der Waals surface area contributed by atoms with E-state index in [1.54, 1.807) is 7.11 Å². The number of nitrogens with two attached hydrogens (primary N) is 1. The molecule has 0 bridgehead atoms. The minimum atomic E-state index is 0.470. The first-order valence-electron chi connectivity index (χ1n) is 5.68. The van der Waals surface area contributed by atoms with Crippen LogP contribution in [0.5, 0.6) is 5.75 Å². The summed E-state index contributed by atoms with van der Waals surface area (Å²) in [6, 6.07) is 0. The average Bonchev–Trinajstić information content (AvgIpc) is 2.58. The SMILES string of the molecule is COc1c(N)nsc1NCCCCC(C)C. The van der Waals surface area contributed by atoms with Crippen LogP contribution in [0.1, 0.15) is 33.1 Å². The molecule has 0 saturated carbocycles. The Kier molecular flexibility index (Phi) is 5.38. The zero-order chi connectivity index (χ0) is 12.0. The lowest BCUT2D eigenvalue weighted by Crippen LogP contribution is -2.02. The molecule has 4 nitrogen and oxygen atoms in total. The lowest BCUT2D eigenvalue weighted by molar-refractivity contribution is 0.419. The maximum atomic E-state index is 5.66. The molecule has 1 aromatic heterocycles. The Bertz CT molecular complexity index is 312. The Morgan fingerprint density at radius 2 is 2.19 bits per heavy atom. The number of aromatic nitrogens is 1. The Balaban J connectivity index is 2.26. The molecule has 0 saturated heterocycles. The number of nitrogens with one attached hydrogen (secondary N) is 1. The molecule has 1 aromatic rings. The van der Waals surface area contributed by atoms with E-state index in [1.807, 2.05) is 0 Å². The summed E-state index contributed by atoms with van der Waals surface area (Å²) in [6.45, 7) is 5.45. The van der Waals surface area contributed by atoms with E-state index in [2.05, 4.69) is 23.5 Å². The quantitative estimate of drug-likeness (QED) is 0.723. The van der Waals surface area contributed by atoms with Gasteiger partial charge in [0.25, 0.3) is 0 Å². The van der Waals surface area contributed by atoms with Gasteiger partial charge < -0.3 is 15.8 Å². The van der Waals surface area contributed by atoms with Crippen molar-refractivity contribution >= 4 is 22.4 Å². The van der Waals surface area contributed by atoms with Gasteiger partial charge in [-0.15, -0.1) is 0 Å². The largest absolute Gasteiger partial charge is 0.490 e. The van der Waals surface area contributed by atoms with Crippen LogP contribution in [0.2, 0.25) is 0 Å². The van der Waals surface area contributed by atoms with E-state index >= 15 is 0 Å². The van der Waals surface area contributed by atoms with Gasteiger partial charge in [0.15, 0.2) is 16.6 Å². The number of methoxy groups -OCH3 is 1. The Hall–Kier alpha value is -0.970. The summed E-state index contributed by atoms with van der Waals surface area (Å²) in [5.74, 6) is 1.93. The highest BCUT2D eigenvalue weighted by atomic mass is 32.1. The Morgan fingerprint density at radius 3 is 2.81 bits per heavy atom. The minimum absolute atomic E-state index is 0.470. The number of unbranched alkanes of at least 4 members (excludes halogenated alkanes) is 1. The number of hydrogen-bond donors (Lipinski definition) is 2. The van der Waals surface area contributed by atoms with Gasteiger partial charge in [-0.2, -0.15) is 4.37 Å². The van der Waals surface area contributed by atoms with Crippen LogP contribution >= 0.6 is 11.5 Å². The smallest absolute Gasteiger partial charge is 0.197 e. The van der Waals surface area contributed by atoms with Crippen molar-refractivity contribution in [2.24, 2.45) is 5.92 Å². The molecule has 0 aromatic carbocycles. The zero-order valence-electron chi connectivity index (χ0n) is 10.2. The van der Waals surface area contributed by atoms with Gasteiger partial charge in [-0.3, -0.25) is 0 Å². The van der Waals surface area contributed by atoms with Crippen LogP contribution in [0.4, 0.5) is 10.8 Å². The summed E-state index contributed by atoms with van der Waals surface area (Å²) < 4.78 is 9.22. The van der Waals surface area contributed by atoms with Gasteiger partial charge in [0, 0.05) is 6.54 Å². The summed E-state index contributed by atoms with van der Waals surface area (Å²) in [5, 5.41) is 4.24. The van der Waals surface area contributed by atoms with E-state index in [1.165, 1.54) is 30.8 Å². The molecular formula is C11H21N3OS. The van der Waals surface area contributed by atoms with Crippen molar-refractivity contribution in [1.29, 1.82) is 0 Å². The van der Waals surface area contributed by atoms with Gasteiger partial charge in [0.05, 0.1) is 7.11 Å². The highest BCUT2D eigenvalue weighted by molar-refractivity contribution is 7.11. The number of ether oxygens (including phenoxy) is 1. The Morgan fingerprint density at radius 1 is 1.44 bits per heavy atom. The van der Waals surface area contributed by atoms with Gasteiger partial charge in [0.1, 0.15) is 0 Å². The van der Waals surface area contributed by atoms with E-state index in [-0.39, 0.29) is 0 Å². The molecule has 0 aliphatic rings. The van der Waals surface area contributed by atoms with Crippen LogP contribution in [-0.4, -0.2) is 18.0 Å². The van der Waals surface area contributed by atoms with Crippen LogP contribution in [0, 0.1) is 5.92 Å². The van der Waals surface area contributed by atoms with Crippen molar-refractivity contribution in [2.45, 2.75) is 33.1 Å². The van der Waals surface area contributed by atoms with Gasteiger partial charge in [-0.25, -0.2) is 0 Å². The van der Waals surface area contributed by atoms with Gasteiger partial charge in [0.2, 0.25) is 0 Å². The van der Waals surface area contributed by atoms with Crippen LogP contribution in [0.25, 0.3) is 0 Å². The normalized spacial score (nSPS) is 10.8. The van der Waals surface area contributed by atoms with Crippen molar-refractivity contribution in [1.82, 2.24) is 4.37 Å². The van der Waals surface area contributed by atoms with Crippen molar-refractivity contribution in [3.8, 4) is 5.75 Å². The molecular weight excluding hydrogens is 222 g/mol. The molecule has 3 N–H and O–H groups in total. The minimum Gasteiger partial charge on any atom is -0.490 e. The van der Waals surface area contributed by atoms with E-state index in [0.29, 0.717) is 11.6 Å². The van der Waals surface area contributed by atoms with E-state index in [9.17, 15) is 0 Å². The highest BCUT2D eigenvalue weighted by Crippen LogP contribution is 2.34. The molecule has 0 aliphatic carbocycles. The standard InChI is InChI=1S/C11H21N3OS/c1-8(2)6-4-5-7-13-11-9(15-3)10(12)14-16-11/h8,13H,4-7H2,1-3H3,(H2,12,14). The van der Waals surface area contributed by atoms with Gasteiger partial charge in [-0.1, -0.05) is 26.7 Å². The fourth-order valence-corrected chi connectivity index (χ4v) is 2.19. The molecule has 0 atom stereocenters. The number of nitrogens with zero attached hydrogens (tertiary/aromatic N) is 1. The lowest BCUT2D eigenvalue weighted by Gasteiger charge is -2.07. The van der Waals surface area contributed by atoms with E-state index in [0.717, 1.165) is 17.5 Å². The second-order valence-corrected chi connectivity index (χ2v) is 5.02. The maximum Gasteiger partial charge on any atom is 0.197 e. The zero-order valence-corrected chi connectivity index (χ0v) is 11.1. The molecule has 0 aliphatic heterocycles. The summed E-state index contributed by atoms with van der Waals surface area (Å²) in [7, 11) is 1.62. The first kappa shape index (κ1) is 13.1. The van der Waals surface area contributed by atoms with Gasteiger partial charge >= 0.3 is 0 Å². The maximum absolute atomic E-state index is 5.66. The summed E-state index contributed by atoms with van der Waals surface area (Å²) in [6.07, 6.45) is 3.70. The predicted molar refractivity (Wildman–Crippen MR) is 70.3 cm³/mol. The van der Waals surface area contributed by atoms with Crippen LogP contribution in [0.15, 0.2) is 0 Å². The van der Waals surface area contributed by atoms with Gasteiger partial charge in [-0.05, 0) is 23.9 Å². The molecule has 92 valence electrons. The third kappa shape index (κ3) is 3.89. The molecule has 16 heavy (non-hydrogen) atoms. The summed E-state index contributed by atoms with van der Waals surface area (Å²) in [5.41, 5.74) is 5.66. The highest BCUT2D eigenvalue weighted by Gasteiger charge is 2.10. The molecule has 0 unspecified atom stereocenters. The first-order valence-corrected chi connectivity index (χ1v) is 6.45. The number of anilines is 2. The fourth-order valence-electron chi connectivity index (χ4n) is 1.48. The second-order valence-electron chi connectivity index (χ2n) is 4.25. The second kappa shape index (κ2) is 6.58. The van der Waals surface area contributed by atoms with E-state index in [4.69, 9.17) is 10.5 Å². The molecule has 0 spiro atoms. The molecule has 5 heteroatoms. The third-order valence-corrected chi connectivity index (χ3v) is 3.17. The van der Waals surface area contributed by atoms with Crippen molar-refractivity contribution < 1.29 is 4.74 Å². The lowest BCUT2D eigenvalue weighted by atomic mass is 10.1. The molecule has 0 radical (unpaired) electrons. The number of rotatable bonds is 7. The predicted octanol–water partition coefficient (Wildman–Crippen LogP) is 2.97. The summed E-state index contributed by atoms with van der Waals surface area (Å²) >= 11 is 1.35. The van der Waals surface area contributed by atoms with E-state index < -0.39 is 0 Å². The molecule has 1 rings (SSSR count). The number of nitrogen functional groups attached to an aromatic ring is 1. The third-order valence-electron chi connectivity index (χ3n) is 2.37. The number of hydrogen-bond acceptors (Lipinski definition) is 5.